The number of hydrogen-bond donors (Lipinski definition) is 1. The number of aryl methyl sites for hydroxylation is 1. The lowest BCUT2D eigenvalue weighted by atomic mass is 9.98. The Labute approximate surface area is 184 Å². The van der Waals surface area contributed by atoms with Gasteiger partial charge in [0.25, 0.3) is 0 Å². The minimum Gasteiger partial charge on any atom is -0.493 e. The quantitative estimate of drug-likeness (QED) is 0.674. The molecule has 1 aliphatic rings. The van der Waals surface area contributed by atoms with Gasteiger partial charge in [-0.2, -0.15) is 4.31 Å². The molecule has 1 N–H and O–H groups in total. The third-order valence-corrected chi connectivity index (χ3v) is 7.24. The van der Waals surface area contributed by atoms with E-state index in [1.54, 1.807) is 31.4 Å². The first-order valence-corrected chi connectivity index (χ1v) is 11.9. The Kier molecular flexibility index (Phi) is 7.56. The Hall–Kier alpha value is -2.58. The number of carbonyl (C=O) groups excluding carboxylic acids is 1. The van der Waals surface area contributed by atoms with Crippen LogP contribution in [0.25, 0.3) is 0 Å². The first-order chi connectivity index (χ1) is 14.8. The van der Waals surface area contributed by atoms with E-state index in [1.165, 1.54) is 4.31 Å². The Morgan fingerprint density at radius 3 is 2.52 bits per heavy atom. The molecule has 8 heteroatoms. The van der Waals surface area contributed by atoms with Gasteiger partial charge in [-0.05, 0) is 51.0 Å². The van der Waals surface area contributed by atoms with Gasteiger partial charge in [0.2, 0.25) is 15.9 Å². The topological polar surface area (TPSA) is 84.9 Å². The Morgan fingerprint density at radius 2 is 1.84 bits per heavy atom. The van der Waals surface area contributed by atoms with E-state index in [4.69, 9.17) is 9.47 Å². The summed E-state index contributed by atoms with van der Waals surface area (Å²) < 4.78 is 38.4. The molecule has 1 saturated heterocycles. The molecule has 1 aliphatic heterocycles. The summed E-state index contributed by atoms with van der Waals surface area (Å²) in [6.07, 6.45) is 1.31. The smallest absolute Gasteiger partial charge is 0.243 e. The van der Waals surface area contributed by atoms with Crippen molar-refractivity contribution in [3.8, 4) is 11.5 Å². The minimum absolute atomic E-state index is 0.153. The number of methoxy groups -OCH3 is 1. The highest BCUT2D eigenvalue weighted by Gasteiger charge is 2.33. The van der Waals surface area contributed by atoms with Crippen molar-refractivity contribution in [1.29, 1.82) is 0 Å². The molecule has 0 bridgehead atoms. The number of amides is 1. The molecule has 1 amide bonds. The fraction of sp³-hybridized carbons (Fsp3) is 0.435. The average Bonchev–Trinajstić information content (AvgIpc) is 2.78. The number of ether oxygens (including phenoxy) is 2. The molecule has 0 saturated carbocycles. The lowest BCUT2D eigenvalue weighted by Gasteiger charge is -2.32. The highest BCUT2D eigenvalue weighted by atomic mass is 32.2. The molecule has 7 nitrogen and oxygen atoms in total. The van der Waals surface area contributed by atoms with Gasteiger partial charge in [0, 0.05) is 13.1 Å². The number of sulfonamides is 1. The van der Waals surface area contributed by atoms with Gasteiger partial charge in [-0.3, -0.25) is 4.79 Å². The van der Waals surface area contributed by atoms with Crippen molar-refractivity contribution in [1.82, 2.24) is 9.62 Å². The standard InChI is InChI=1S/C23H30N2O5S/c1-17-10-12-20(13-11-17)31(27,28)25-14-6-7-19(15-25)23(26)24-18(2)16-30-22-9-5-4-8-21(22)29-3/h4-5,8-13,18-19H,6-7,14-16H2,1-3H3,(H,24,26). The normalized spacial score (nSPS) is 18.2. The molecule has 0 radical (unpaired) electrons. The lowest BCUT2D eigenvalue weighted by Crippen LogP contribution is -2.48. The molecular weight excluding hydrogens is 416 g/mol. The molecule has 0 spiro atoms. The predicted molar refractivity (Wildman–Crippen MR) is 119 cm³/mol. The molecule has 2 unspecified atom stereocenters. The van der Waals surface area contributed by atoms with Gasteiger partial charge in [-0.15, -0.1) is 0 Å². The van der Waals surface area contributed by atoms with Gasteiger partial charge < -0.3 is 14.8 Å². The van der Waals surface area contributed by atoms with E-state index in [2.05, 4.69) is 5.32 Å². The number of piperidine rings is 1. The average molecular weight is 447 g/mol. The van der Waals surface area contributed by atoms with Crippen LogP contribution in [0.4, 0.5) is 0 Å². The highest BCUT2D eigenvalue weighted by Crippen LogP contribution is 2.26. The summed E-state index contributed by atoms with van der Waals surface area (Å²) in [4.78, 5) is 13.0. The van der Waals surface area contributed by atoms with Crippen LogP contribution in [0.5, 0.6) is 11.5 Å². The molecule has 2 aromatic carbocycles. The van der Waals surface area contributed by atoms with Crippen LogP contribution in [0.1, 0.15) is 25.3 Å². The van der Waals surface area contributed by atoms with E-state index in [-0.39, 0.29) is 35.9 Å². The van der Waals surface area contributed by atoms with Gasteiger partial charge in [0.1, 0.15) is 6.61 Å². The predicted octanol–water partition coefficient (Wildman–Crippen LogP) is 2.99. The SMILES string of the molecule is COc1ccccc1OCC(C)NC(=O)C1CCCN(S(=O)(=O)c2ccc(C)cc2)C1. The van der Waals surface area contributed by atoms with Crippen molar-refractivity contribution in [3.63, 3.8) is 0 Å². The fourth-order valence-corrected chi connectivity index (χ4v) is 5.11. The summed E-state index contributed by atoms with van der Waals surface area (Å²) in [7, 11) is -2.04. The van der Waals surface area contributed by atoms with Crippen LogP contribution in [-0.4, -0.2) is 51.5 Å². The van der Waals surface area contributed by atoms with Crippen molar-refractivity contribution in [3.05, 3.63) is 54.1 Å². The maximum Gasteiger partial charge on any atom is 0.243 e. The van der Waals surface area contributed by atoms with Crippen molar-refractivity contribution in [2.24, 2.45) is 5.92 Å². The number of hydrogen-bond acceptors (Lipinski definition) is 5. The second-order valence-electron chi connectivity index (χ2n) is 7.89. The molecule has 3 rings (SSSR count). The summed E-state index contributed by atoms with van der Waals surface area (Å²) in [5.41, 5.74) is 0.999. The van der Waals surface area contributed by atoms with Gasteiger partial charge in [0.15, 0.2) is 11.5 Å². The van der Waals surface area contributed by atoms with Crippen molar-refractivity contribution in [2.45, 2.75) is 37.6 Å². The summed E-state index contributed by atoms with van der Waals surface area (Å²) in [5, 5.41) is 2.95. The van der Waals surface area contributed by atoms with Crippen LogP contribution in [0.15, 0.2) is 53.4 Å². The van der Waals surface area contributed by atoms with E-state index < -0.39 is 10.0 Å². The molecule has 31 heavy (non-hydrogen) atoms. The second kappa shape index (κ2) is 10.2. The zero-order valence-electron chi connectivity index (χ0n) is 18.2. The molecule has 2 atom stereocenters. The van der Waals surface area contributed by atoms with E-state index in [0.29, 0.717) is 30.9 Å². The third kappa shape index (κ3) is 5.77. The number of benzene rings is 2. The molecular formula is C23H30N2O5S. The Bertz CT molecular complexity index is 991. The molecule has 0 aromatic heterocycles. The van der Waals surface area contributed by atoms with Gasteiger partial charge in [0.05, 0.1) is 24.0 Å². The Morgan fingerprint density at radius 1 is 1.16 bits per heavy atom. The first-order valence-electron chi connectivity index (χ1n) is 10.4. The van der Waals surface area contributed by atoms with Gasteiger partial charge in [-0.25, -0.2) is 8.42 Å². The van der Waals surface area contributed by atoms with Crippen LogP contribution in [0.3, 0.4) is 0 Å². The molecule has 1 heterocycles. The monoisotopic (exact) mass is 446 g/mol. The number of para-hydroxylation sites is 2. The fourth-order valence-electron chi connectivity index (χ4n) is 3.59. The number of rotatable bonds is 8. The largest absolute Gasteiger partial charge is 0.493 e. The molecule has 0 aliphatic carbocycles. The first kappa shape index (κ1) is 23.1. The van der Waals surface area contributed by atoms with E-state index in [1.807, 2.05) is 38.1 Å². The van der Waals surface area contributed by atoms with Crippen LogP contribution in [0, 0.1) is 12.8 Å². The van der Waals surface area contributed by atoms with Crippen molar-refractivity contribution < 1.29 is 22.7 Å². The number of carbonyl (C=O) groups is 1. The highest BCUT2D eigenvalue weighted by molar-refractivity contribution is 7.89. The van der Waals surface area contributed by atoms with Crippen LogP contribution < -0.4 is 14.8 Å². The second-order valence-corrected chi connectivity index (χ2v) is 9.82. The zero-order valence-corrected chi connectivity index (χ0v) is 19.0. The summed E-state index contributed by atoms with van der Waals surface area (Å²) >= 11 is 0. The number of nitrogens with one attached hydrogen (secondary N) is 1. The van der Waals surface area contributed by atoms with Crippen LogP contribution in [0.2, 0.25) is 0 Å². The molecule has 2 aromatic rings. The molecule has 1 fully saturated rings. The maximum atomic E-state index is 13.0. The van der Waals surface area contributed by atoms with Crippen LogP contribution in [-0.2, 0) is 14.8 Å². The van der Waals surface area contributed by atoms with Gasteiger partial charge >= 0.3 is 0 Å². The van der Waals surface area contributed by atoms with E-state index in [0.717, 1.165) is 5.56 Å². The van der Waals surface area contributed by atoms with E-state index >= 15 is 0 Å². The number of nitrogens with zero attached hydrogens (tertiary/aromatic N) is 1. The zero-order chi connectivity index (χ0) is 22.4. The van der Waals surface area contributed by atoms with Crippen molar-refractivity contribution >= 4 is 15.9 Å². The summed E-state index contributed by atoms with van der Waals surface area (Å²) in [6, 6.07) is 13.9. The molecule has 168 valence electrons. The third-order valence-electron chi connectivity index (χ3n) is 5.36. The maximum absolute atomic E-state index is 13.0. The van der Waals surface area contributed by atoms with Crippen LogP contribution >= 0.6 is 0 Å². The Balaban J connectivity index is 1.57. The van der Waals surface area contributed by atoms with Gasteiger partial charge in [-0.1, -0.05) is 29.8 Å². The summed E-state index contributed by atoms with van der Waals surface area (Å²) in [6.45, 7) is 4.66. The lowest BCUT2D eigenvalue weighted by molar-refractivity contribution is -0.126. The minimum atomic E-state index is -3.61. The van der Waals surface area contributed by atoms with E-state index in [9.17, 15) is 13.2 Å². The summed E-state index contributed by atoms with van der Waals surface area (Å²) in [5.74, 6) is 0.701. The van der Waals surface area contributed by atoms with Crippen molar-refractivity contribution in [2.75, 3.05) is 26.8 Å².